The largest absolute Gasteiger partial charge is 0.468 e. The Kier molecular flexibility index (Phi) is 3.24. The lowest BCUT2D eigenvalue weighted by Gasteiger charge is -2.44. The van der Waals surface area contributed by atoms with Crippen molar-refractivity contribution in [2.75, 3.05) is 7.11 Å². The molecule has 1 atom stereocenters. The normalized spacial score (nSPS) is 23.9. The third-order valence-electron chi connectivity index (χ3n) is 4.45. The van der Waals surface area contributed by atoms with E-state index in [1.807, 2.05) is 12.1 Å². The first-order chi connectivity index (χ1) is 9.68. The quantitative estimate of drug-likeness (QED) is 0.739. The van der Waals surface area contributed by atoms with Crippen molar-refractivity contribution in [1.82, 2.24) is 0 Å². The molecule has 1 spiro atoms. The Morgan fingerprint density at radius 3 is 2.65 bits per heavy atom. The molecule has 2 aliphatic rings. The average Bonchev–Trinajstić information content (AvgIpc) is 2.48. The molecule has 4 heteroatoms. The molecule has 0 aromatic heterocycles. The van der Waals surface area contributed by atoms with E-state index in [1.54, 1.807) is 12.1 Å². The molecule has 1 fully saturated rings. The van der Waals surface area contributed by atoms with Crippen LogP contribution in [-0.2, 0) is 14.3 Å². The summed E-state index contributed by atoms with van der Waals surface area (Å²) in [5, 5.41) is 0. The van der Waals surface area contributed by atoms with Crippen LogP contribution in [0.5, 0.6) is 0 Å². The lowest BCUT2D eigenvalue weighted by atomic mass is 9.70. The molecule has 106 valence electrons. The Labute approximate surface area is 118 Å². The maximum atomic E-state index is 12.3. The summed E-state index contributed by atoms with van der Waals surface area (Å²) in [6, 6.07) is 7.19. The van der Waals surface area contributed by atoms with Gasteiger partial charge in [-0.05, 0) is 37.3 Å². The van der Waals surface area contributed by atoms with E-state index >= 15 is 0 Å². The van der Waals surface area contributed by atoms with Gasteiger partial charge in [0.25, 0.3) is 0 Å². The van der Waals surface area contributed by atoms with Gasteiger partial charge in [-0.1, -0.05) is 24.6 Å². The van der Waals surface area contributed by atoms with Crippen molar-refractivity contribution in [3.63, 3.8) is 0 Å². The first-order valence-corrected chi connectivity index (χ1v) is 7.08. The number of esters is 2. The zero-order valence-corrected chi connectivity index (χ0v) is 11.6. The number of methoxy groups -OCH3 is 1. The number of rotatable bonds is 1. The highest BCUT2D eigenvalue weighted by Crippen LogP contribution is 2.47. The van der Waals surface area contributed by atoms with Crippen LogP contribution in [0.3, 0.4) is 0 Å². The van der Waals surface area contributed by atoms with Gasteiger partial charge in [-0.25, -0.2) is 4.79 Å². The predicted molar refractivity (Wildman–Crippen MR) is 72.4 cm³/mol. The Bertz CT molecular complexity index is 543. The van der Waals surface area contributed by atoms with Crippen LogP contribution in [0, 0.1) is 0 Å². The van der Waals surface area contributed by atoms with Crippen molar-refractivity contribution >= 4 is 11.9 Å². The Morgan fingerprint density at radius 1 is 1.25 bits per heavy atom. The van der Waals surface area contributed by atoms with E-state index in [-0.39, 0.29) is 11.9 Å². The molecule has 1 heterocycles. The van der Waals surface area contributed by atoms with Gasteiger partial charge in [0.15, 0.2) is 0 Å². The molecule has 1 aliphatic heterocycles. The minimum absolute atomic E-state index is 0.313. The monoisotopic (exact) mass is 274 g/mol. The summed E-state index contributed by atoms with van der Waals surface area (Å²) in [4.78, 5) is 24.5. The van der Waals surface area contributed by atoms with Crippen molar-refractivity contribution in [2.24, 2.45) is 0 Å². The average molecular weight is 274 g/mol. The third kappa shape index (κ3) is 1.90. The Hall–Kier alpha value is -1.84. The lowest BCUT2D eigenvalue weighted by Crippen LogP contribution is -2.50. The van der Waals surface area contributed by atoms with Crippen LogP contribution in [-0.4, -0.2) is 24.6 Å². The van der Waals surface area contributed by atoms with Gasteiger partial charge in [0.2, 0.25) is 0 Å². The number of carbonyl (C=O) groups is 2. The van der Waals surface area contributed by atoms with Gasteiger partial charge in [-0.15, -0.1) is 0 Å². The lowest BCUT2D eigenvalue weighted by molar-refractivity contribution is -0.153. The van der Waals surface area contributed by atoms with Crippen LogP contribution in [0.15, 0.2) is 24.3 Å². The molecular weight excluding hydrogens is 256 g/mol. The van der Waals surface area contributed by atoms with E-state index in [0.29, 0.717) is 5.56 Å². The molecule has 20 heavy (non-hydrogen) atoms. The standard InChI is InChI=1S/C16H18O4/c1-19-15(18)13-11-7-3-4-8-12(11)14(17)20-16(13)9-5-2-6-10-16/h3-4,7-8,13H,2,5-6,9-10H2,1H3/t13-/m0/s1. The van der Waals surface area contributed by atoms with E-state index in [1.165, 1.54) is 7.11 Å². The topological polar surface area (TPSA) is 52.6 Å². The molecule has 4 nitrogen and oxygen atoms in total. The van der Waals surface area contributed by atoms with Gasteiger partial charge in [0.05, 0.1) is 12.7 Å². The zero-order chi connectivity index (χ0) is 14.2. The first kappa shape index (κ1) is 13.2. The summed E-state index contributed by atoms with van der Waals surface area (Å²) >= 11 is 0. The molecule has 0 saturated heterocycles. The van der Waals surface area contributed by atoms with Gasteiger partial charge < -0.3 is 9.47 Å². The number of hydrogen-bond donors (Lipinski definition) is 0. The second-order valence-corrected chi connectivity index (χ2v) is 5.56. The Morgan fingerprint density at radius 2 is 1.95 bits per heavy atom. The minimum atomic E-state index is -0.712. The second kappa shape index (κ2) is 4.93. The molecule has 1 aromatic rings. The molecule has 1 saturated carbocycles. The van der Waals surface area contributed by atoms with E-state index in [4.69, 9.17) is 9.47 Å². The molecule has 0 bridgehead atoms. The van der Waals surface area contributed by atoms with Crippen molar-refractivity contribution < 1.29 is 19.1 Å². The first-order valence-electron chi connectivity index (χ1n) is 7.08. The van der Waals surface area contributed by atoms with Gasteiger partial charge in [0, 0.05) is 0 Å². The van der Waals surface area contributed by atoms with E-state index in [2.05, 4.69) is 0 Å². The molecule has 0 amide bonds. The van der Waals surface area contributed by atoms with Crippen LogP contribution in [0.1, 0.15) is 53.9 Å². The zero-order valence-electron chi connectivity index (χ0n) is 11.6. The smallest absolute Gasteiger partial charge is 0.339 e. The van der Waals surface area contributed by atoms with Crippen LogP contribution >= 0.6 is 0 Å². The number of hydrogen-bond acceptors (Lipinski definition) is 4. The molecule has 0 N–H and O–H groups in total. The van der Waals surface area contributed by atoms with Gasteiger partial charge in [-0.3, -0.25) is 4.79 Å². The van der Waals surface area contributed by atoms with Crippen LogP contribution < -0.4 is 0 Å². The highest BCUT2D eigenvalue weighted by molar-refractivity contribution is 5.96. The molecule has 1 aliphatic carbocycles. The van der Waals surface area contributed by atoms with Crippen LogP contribution in [0.25, 0.3) is 0 Å². The fraction of sp³-hybridized carbons (Fsp3) is 0.500. The molecule has 1 aromatic carbocycles. The summed E-state index contributed by atoms with van der Waals surface area (Å²) < 4.78 is 10.7. The fourth-order valence-electron chi connectivity index (χ4n) is 3.52. The summed E-state index contributed by atoms with van der Waals surface area (Å²) in [5.41, 5.74) is 0.521. The van der Waals surface area contributed by atoms with Crippen LogP contribution in [0.2, 0.25) is 0 Å². The van der Waals surface area contributed by atoms with Crippen molar-refractivity contribution in [1.29, 1.82) is 0 Å². The van der Waals surface area contributed by atoms with E-state index in [9.17, 15) is 9.59 Å². The van der Waals surface area contributed by atoms with Gasteiger partial charge in [0.1, 0.15) is 11.5 Å². The molecule has 0 unspecified atom stereocenters. The number of benzene rings is 1. The van der Waals surface area contributed by atoms with Crippen molar-refractivity contribution in [2.45, 2.75) is 43.6 Å². The van der Waals surface area contributed by atoms with Crippen molar-refractivity contribution in [3.8, 4) is 0 Å². The van der Waals surface area contributed by atoms with E-state index < -0.39 is 11.5 Å². The molecule has 3 rings (SSSR count). The van der Waals surface area contributed by atoms with Crippen LogP contribution in [0.4, 0.5) is 0 Å². The summed E-state index contributed by atoms with van der Waals surface area (Å²) in [6.45, 7) is 0. The SMILES string of the molecule is COC(=O)[C@@H]1c2ccccc2C(=O)OC12CCCCC2. The maximum absolute atomic E-state index is 12.3. The minimum Gasteiger partial charge on any atom is -0.468 e. The maximum Gasteiger partial charge on any atom is 0.339 e. The van der Waals surface area contributed by atoms with Gasteiger partial charge in [-0.2, -0.15) is 0 Å². The fourth-order valence-corrected chi connectivity index (χ4v) is 3.52. The molecular formula is C16H18O4. The summed E-state index contributed by atoms with van der Waals surface area (Å²) in [6.07, 6.45) is 4.53. The van der Waals surface area contributed by atoms with Gasteiger partial charge >= 0.3 is 11.9 Å². The number of fused-ring (bicyclic) bond motifs is 1. The predicted octanol–water partition coefficient (Wildman–Crippen LogP) is 2.82. The second-order valence-electron chi connectivity index (χ2n) is 5.56. The van der Waals surface area contributed by atoms with Crippen molar-refractivity contribution in [3.05, 3.63) is 35.4 Å². The highest BCUT2D eigenvalue weighted by Gasteiger charge is 2.52. The summed E-state index contributed by atoms with van der Waals surface area (Å²) in [5.74, 6) is -1.13. The van der Waals surface area contributed by atoms with E-state index in [0.717, 1.165) is 37.7 Å². The number of ether oxygens (including phenoxy) is 2. The third-order valence-corrected chi connectivity index (χ3v) is 4.45. The number of carbonyl (C=O) groups excluding carboxylic acids is 2. The Balaban J connectivity index is 2.13. The molecule has 0 radical (unpaired) electrons. The highest BCUT2D eigenvalue weighted by atomic mass is 16.6. The summed E-state index contributed by atoms with van der Waals surface area (Å²) in [7, 11) is 1.39.